The van der Waals surface area contributed by atoms with Gasteiger partial charge in [0, 0.05) is 0 Å². The van der Waals surface area contributed by atoms with Gasteiger partial charge in [-0.15, -0.1) is 0 Å². The maximum absolute atomic E-state index is 10.3. The molecule has 1 unspecified atom stereocenters. The average molecular weight is 270 g/mol. The summed E-state index contributed by atoms with van der Waals surface area (Å²) in [7, 11) is 0. The highest BCUT2D eigenvalue weighted by molar-refractivity contribution is 4.89. The molecule has 0 amide bonds. The zero-order valence-corrected chi connectivity index (χ0v) is 13.5. The van der Waals surface area contributed by atoms with Crippen LogP contribution in [-0.2, 0) is 0 Å². The summed E-state index contributed by atoms with van der Waals surface area (Å²) >= 11 is 0. The zero-order valence-electron chi connectivity index (χ0n) is 13.5. The Hall–Kier alpha value is -0.440. The smallest absolute Gasteiger partial charge is 0.0811 e. The number of rotatable bonds is 12. The molecule has 0 aliphatic carbocycles. The molecule has 1 atom stereocenters. The molecule has 0 aliphatic rings. The zero-order chi connectivity index (χ0) is 14.8. The fourth-order valence-corrected chi connectivity index (χ4v) is 2.95. The first-order valence-corrected chi connectivity index (χ1v) is 7.92. The predicted octanol–water partition coefficient (Wildman–Crippen LogP) is 4.88. The van der Waals surface area contributed by atoms with E-state index in [1.54, 1.807) is 0 Å². The topological polar surface area (TPSA) is 55.5 Å². The normalized spacial score (nSPS) is 15.2. The van der Waals surface area contributed by atoms with Gasteiger partial charge < -0.3 is 5.73 Å². The summed E-state index contributed by atoms with van der Waals surface area (Å²) in [6.45, 7) is 10.6. The summed E-state index contributed by atoms with van der Waals surface area (Å²) in [5.41, 5.74) is 6.24. The highest BCUT2D eigenvalue weighted by atomic mass is 16.3. The minimum absolute atomic E-state index is 0.281. The lowest BCUT2D eigenvalue weighted by atomic mass is 9.60. The third kappa shape index (κ3) is 6.51. The molecule has 0 aromatic rings. The van der Waals surface area contributed by atoms with Gasteiger partial charge in [0.05, 0.1) is 6.54 Å². The van der Waals surface area contributed by atoms with Gasteiger partial charge in [-0.3, -0.25) is 0 Å². The molecular weight excluding hydrogens is 236 g/mol. The Kier molecular flexibility index (Phi) is 9.24. The molecule has 0 spiro atoms. The van der Waals surface area contributed by atoms with E-state index < -0.39 is 0 Å². The minimum atomic E-state index is 0.281. The van der Waals surface area contributed by atoms with Gasteiger partial charge >= 0.3 is 0 Å². The van der Waals surface area contributed by atoms with Gasteiger partial charge in [-0.1, -0.05) is 52.1 Å². The molecule has 0 fully saturated rings. The van der Waals surface area contributed by atoms with E-state index in [1.807, 2.05) is 0 Å². The fourth-order valence-electron chi connectivity index (χ4n) is 2.95. The van der Waals surface area contributed by atoms with E-state index in [0.29, 0.717) is 12.0 Å². The van der Waals surface area contributed by atoms with Crippen molar-refractivity contribution in [2.45, 2.75) is 79.1 Å². The van der Waals surface area contributed by atoms with Crippen molar-refractivity contribution in [1.82, 2.24) is 0 Å². The molecule has 0 aromatic heterocycles. The van der Waals surface area contributed by atoms with Gasteiger partial charge in [-0.2, -0.15) is 4.91 Å². The number of unbranched alkanes of at least 4 members (excludes halogenated alkanes) is 2. The molecule has 0 rings (SSSR count). The molecule has 3 nitrogen and oxygen atoms in total. The predicted molar refractivity (Wildman–Crippen MR) is 84.2 cm³/mol. The number of hydrogen-bond acceptors (Lipinski definition) is 3. The van der Waals surface area contributed by atoms with Crippen molar-refractivity contribution in [3.8, 4) is 0 Å². The lowest BCUT2D eigenvalue weighted by molar-refractivity contribution is 0.0518. The van der Waals surface area contributed by atoms with Crippen LogP contribution in [0.2, 0.25) is 0 Å². The summed E-state index contributed by atoms with van der Waals surface area (Å²) in [4.78, 5) is 10.3. The summed E-state index contributed by atoms with van der Waals surface area (Å²) in [6, 6.07) is 0. The van der Waals surface area contributed by atoms with Gasteiger partial charge in [0.15, 0.2) is 0 Å². The second-order valence-corrected chi connectivity index (χ2v) is 6.75. The maximum Gasteiger partial charge on any atom is 0.0811 e. The molecule has 19 heavy (non-hydrogen) atoms. The van der Waals surface area contributed by atoms with E-state index in [-0.39, 0.29) is 5.41 Å². The van der Waals surface area contributed by atoms with Crippen LogP contribution in [0.3, 0.4) is 0 Å². The van der Waals surface area contributed by atoms with Crippen LogP contribution in [-0.4, -0.2) is 13.1 Å². The largest absolute Gasteiger partial charge is 0.330 e. The number of nitrogens with zero attached hydrogens (tertiary/aromatic N) is 1. The summed E-state index contributed by atoms with van der Waals surface area (Å²) in [6.07, 6.45) is 9.36. The second kappa shape index (κ2) is 9.46. The van der Waals surface area contributed by atoms with Gasteiger partial charge in [0.2, 0.25) is 0 Å². The first-order valence-electron chi connectivity index (χ1n) is 7.92. The van der Waals surface area contributed by atoms with E-state index in [9.17, 15) is 4.91 Å². The van der Waals surface area contributed by atoms with Crippen molar-refractivity contribution < 1.29 is 0 Å². The minimum Gasteiger partial charge on any atom is -0.330 e. The molecule has 0 saturated carbocycles. The van der Waals surface area contributed by atoms with Gasteiger partial charge in [0.25, 0.3) is 0 Å². The van der Waals surface area contributed by atoms with Crippen LogP contribution in [0.5, 0.6) is 0 Å². The molecule has 114 valence electrons. The van der Waals surface area contributed by atoms with Crippen molar-refractivity contribution in [2.24, 2.45) is 21.7 Å². The van der Waals surface area contributed by atoms with Crippen LogP contribution in [0.4, 0.5) is 0 Å². The first-order chi connectivity index (χ1) is 8.93. The Labute approximate surface area is 119 Å². The maximum atomic E-state index is 10.3. The van der Waals surface area contributed by atoms with Crippen molar-refractivity contribution in [3.05, 3.63) is 4.91 Å². The molecule has 0 aromatic carbocycles. The highest BCUT2D eigenvalue weighted by Gasteiger charge is 2.39. The standard InChI is InChI=1S/C16H34N2O/c1-5-6-7-11-16(4,12-9-14-18-19)15(2,3)10-8-13-17/h5-14,17H2,1-4H3. The quantitative estimate of drug-likeness (QED) is 0.405. The molecule has 2 N–H and O–H groups in total. The Morgan fingerprint density at radius 3 is 2.11 bits per heavy atom. The van der Waals surface area contributed by atoms with Crippen LogP contribution in [0.1, 0.15) is 79.1 Å². The summed E-state index contributed by atoms with van der Waals surface area (Å²) in [5, 5.41) is 3.01. The van der Waals surface area contributed by atoms with Crippen LogP contribution in [0, 0.1) is 15.7 Å². The Morgan fingerprint density at radius 2 is 1.58 bits per heavy atom. The van der Waals surface area contributed by atoms with Gasteiger partial charge in [0.1, 0.15) is 0 Å². The van der Waals surface area contributed by atoms with E-state index in [2.05, 4.69) is 32.9 Å². The Morgan fingerprint density at radius 1 is 0.947 bits per heavy atom. The van der Waals surface area contributed by atoms with Gasteiger partial charge in [-0.05, 0) is 49.5 Å². The SMILES string of the molecule is CCCCCC(C)(CCCN=O)C(C)(C)CCCN. The molecule has 0 heterocycles. The van der Waals surface area contributed by atoms with Crippen molar-refractivity contribution in [2.75, 3.05) is 13.1 Å². The summed E-state index contributed by atoms with van der Waals surface area (Å²) in [5.74, 6) is 0. The van der Waals surface area contributed by atoms with Crippen LogP contribution in [0.25, 0.3) is 0 Å². The van der Waals surface area contributed by atoms with Crippen molar-refractivity contribution >= 4 is 0 Å². The van der Waals surface area contributed by atoms with E-state index in [0.717, 1.165) is 25.8 Å². The first kappa shape index (κ1) is 18.6. The number of nitroso groups, excluding NO2 is 1. The summed E-state index contributed by atoms with van der Waals surface area (Å²) < 4.78 is 0. The van der Waals surface area contributed by atoms with Crippen molar-refractivity contribution in [3.63, 3.8) is 0 Å². The highest BCUT2D eigenvalue weighted by Crippen LogP contribution is 2.49. The lowest BCUT2D eigenvalue weighted by Gasteiger charge is -2.45. The van der Waals surface area contributed by atoms with Crippen LogP contribution >= 0.6 is 0 Å². The third-order valence-electron chi connectivity index (χ3n) is 4.95. The lowest BCUT2D eigenvalue weighted by Crippen LogP contribution is -2.36. The monoisotopic (exact) mass is 270 g/mol. The van der Waals surface area contributed by atoms with Crippen molar-refractivity contribution in [1.29, 1.82) is 0 Å². The number of nitrogens with two attached hydrogens (primary N) is 1. The van der Waals surface area contributed by atoms with E-state index >= 15 is 0 Å². The number of hydrogen-bond donors (Lipinski definition) is 1. The fraction of sp³-hybridized carbons (Fsp3) is 1.00. The average Bonchev–Trinajstić information content (AvgIpc) is 2.37. The van der Waals surface area contributed by atoms with E-state index in [1.165, 1.54) is 32.1 Å². The molecule has 3 heteroatoms. The molecular formula is C16H34N2O. The Balaban J connectivity index is 4.63. The van der Waals surface area contributed by atoms with Crippen LogP contribution in [0.15, 0.2) is 5.18 Å². The molecule has 0 aliphatic heterocycles. The molecule has 0 radical (unpaired) electrons. The molecule has 0 saturated heterocycles. The second-order valence-electron chi connectivity index (χ2n) is 6.75. The van der Waals surface area contributed by atoms with Gasteiger partial charge in [-0.25, -0.2) is 0 Å². The Bertz CT molecular complexity index is 241. The van der Waals surface area contributed by atoms with Crippen LogP contribution < -0.4 is 5.73 Å². The third-order valence-corrected chi connectivity index (χ3v) is 4.95. The molecule has 0 bridgehead atoms. The van der Waals surface area contributed by atoms with E-state index in [4.69, 9.17) is 5.73 Å².